The molecule has 6 nitrogen and oxygen atoms in total. The molecule has 0 bridgehead atoms. The van der Waals surface area contributed by atoms with Crippen molar-refractivity contribution in [3.8, 4) is 5.75 Å². The number of rotatable bonds is 3. The minimum absolute atomic E-state index is 0. The second kappa shape index (κ2) is 7.75. The van der Waals surface area contributed by atoms with E-state index in [1.807, 2.05) is 6.07 Å². The lowest BCUT2D eigenvalue weighted by atomic mass is 10.2. The number of amides is 1. The molecule has 0 fully saturated rings. The van der Waals surface area contributed by atoms with Crippen molar-refractivity contribution >= 4 is 45.6 Å². The quantitative estimate of drug-likeness (QED) is 0.835. The summed E-state index contributed by atoms with van der Waals surface area (Å²) in [6.07, 6.45) is -0.690. The number of methoxy groups -OCH3 is 1. The summed E-state index contributed by atoms with van der Waals surface area (Å²) in [5.74, 6) is -0.142. The third-order valence-corrected chi connectivity index (χ3v) is 3.28. The standard InChI is InChI=1S/C13H12N2O4S.BrH/c1-8-10(12(16)18-2)11(20-15-8)14-13(17)19-9-6-4-3-5-7-9;/h3-7H,1-2H3,(H,14,17);1H. The van der Waals surface area contributed by atoms with Crippen LogP contribution in [-0.2, 0) is 4.74 Å². The first-order chi connectivity index (χ1) is 9.61. The maximum atomic E-state index is 11.7. The van der Waals surface area contributed by atoms with Crippen LogP contribution in [0.5, 0.6) is 5.75 Å². The maximum Gasteiger partial charge on any atom is 0.417 e. The number of anilines is 1. The molecule has 0 saturated carbocycles. The highest BCUT2D eigenvalue weighted by atomic mass is 79.9. The lowest BCUT2D eigenvalue weighted by Gasteiger charge is -2.06. The Morgan fingerprint density at radius 3 is 2.52 bits per heavy atom. The van der Waals surface area contributed by atoms with Crippen LogP contribution in [0.25, 0.3) is 0 Å². The Labute approximate surface area is 136 Å². The van der Waals surface area contributed by atoms with Gasteiger partial charge in [-0.25, -0.2) is 9.59 Å². The van der Waals surface area contributed by atoms with Crippen LogP contribution in [0.15, 0.2) is 30.3 Å². The molecule has 21 heavy (non-hydrogen) atoms. The second-order valence-corrected chi connectivity index (χ2v) is 4.56. The minimum Gasteiger partial charge on any atom is -0.465 e. The smallest absolute Gasteiger partial charge is 0.417 e. The number of ether oxygens (including phenoxy) is 2. The Balaban J connectivity index is 0.00000220. The number of hydrogen-bond donors (Lipinski definition) is 1. The summed E-state index contributed by atoms with van der Waals surface area (Å²) < 4.78 is 13.7. The number of carbonyl (C=O) groups is 2. The lowest BCUT2D eigenvalue weighted by Crippen LogP contribution is -2.18. The first-order valence-electron chi connectivity index (χ1n) is 5.70. The molecule has 1 amide bonds. The van der Waals surface area contributed by atoms with Gasteiger partial charge in [0.05, 0.1) is 12.8 Å². The monoisotopic (exact) mass is 372 g/mol. The molecule has 1 N–H and O–H groups in total. The average Bonchev–Trinajstić information content (AvgIpc) is 2.80. The van der Waals surface area contributed by atoms with Gasteiger partial charge in [-0.1, -0.05) is 18.2 Å². The number of nitrogens with one attached hydrogen (secondary N) is 1. The number of benzene rings is 1. The molecule has 2 aromatic rings. The van der Waals surface area contributed by atoms with E-state index in [-0.39, 0.29) is 22.5 Å². The van der Waals surface area contributed by atoms with E-state index in [9.17, 15) is 9.59 Å². The van der Waals surface area contributed by atoms with Gasteiger partial charge in [-0.3, -0.25) is 5.32 Å². The Hall–Kier alpha value is -1.93. The molecule has 0 atom stereocenters. The number of hydrogen-bond acceptors (Lipinski definition) is 6. The van der Waals surface area contributed by atoms with E-state index >= 15 is 0 Å². The molecule has 2 rings (SSSR count). The number of aromatic nitrogens is 1. The van der Waals surface area contributed by atoms with E-state index in [4.69, 9.17) is 4.74 Å². The first-order valence-corrected chi connectivity index (χ1v) is 6.47. The van der Waals surface area contributed by atoms with Crippen LogP contribution >= 0.6 is 28.5 Å². The zero-order chi connectivity index (χ0) is 14.5. The van der Waals surface area contributed by atoms with Gasteiger partial charge in [0.2, 0.25) is 0 Å². The van der Waals surface area contributed by atoms with E-state index in [0.29, 0.717) is 16.4 Å². The average molecular weight is 373 g/mol. The van der Waals surface area contributed by atoms with Crippen molar-refractivity contribution in [2.45, 2.75) is 6.92 Å². The highest BCUT2D eigenvalue weighted by Gasteiger charge is 2.21. The zero-order valence-corrected chi connectivity index (χ0v) is 13.8. The second-order valence-electron chi connectivity index (χ2n) is 3.79. The fourth-order valence-electron chi connectivity index (χ4n) is 1.51. The van der Waals surface area contributed by atoms with Crippen LogP contribution < -0.4 is 10.1 Å². The van der Waals surface area contributed by atoms with Crippen molar-refractivity contribution in [1.29, 1.82) is 0 Å². The van der Waals surface area contributed by atoms with Gasteiger partial charge in [0.25, 0.3) is 0 Å². The van der Waals surface area contributed by atoms with E-state index in [0.717, 1.165) is 11.5 Å². The van der Waals surface area contributed by atoms with E-state index < -0.39 is 12.1 Å². The molecular formula is C13H13BrN2O4S. The Kier molecular flexibility index (Phi) is 6.32. The van der Waals surface area contributed by atoms with Crippen LogP contribution in [0.4, 0.5) is 9.80 Å². The predicted molar refractivity (Wildman–Crippen MR) is 84.6 cm³/mol. The van der Waals surface area contributed by atoms with Gasteiger partial charge in [0, 0.05) is 0 Å². The van der Waals surface area contributed by atoms with Crippen LogP contribution in [0.2, 0.25) is 0 Å². The number of para-hydroxylation sites is 1. The number of aryl methyl sites for hydroxylation is 1. The van der Waals surface area contributed by atoms with Crippen molar-refractivity contribution in [2.24, 2.45) is 0 Å². The van der Waals surface area contributed by atoms with Gasteiger partial charge in [-0.05, 0) is 30.6 Å². The Morgan fingerprint density at radius 1 is 1.24 bits per heavy atom. The first kappa shape index (κ1) is 17.1. The summed E-state index contributed by atoms with van der Waals surface area (Å²) in [7, 11) is 1.27. The Bertz CT molecular complexity index is 630. The van der Waals surface area contributed by atoms with Crippen molar-refractivity contribution in [2.75, 3.05) is 12.4 Å². The van der Waals surface area contributed by atoms with Crippen LogP contribution in [0.1, 0.15) is 16.1 Å². The maximum absolute atomic E-state index is 11.7. The molecule has 0 saturated heterocycles. The molecule has 0 unspecified atom stereocenters. The number of nitrogens with zero attached hydrogens (tertiary/aromatic N) is 1. The molecule has 0 aliphatic heterocycles. The summed E-state index contributed by atoms with van der Waals surface area (Å²) in [4.78, 5) is 23.4. The predicted octanol–water partition coefficient (Wildman–Crippen LogP) is 3.43. The van der Waals surface area contributed by atoms with E-state index in [2.05, 4.69) is 14.4 Å². The molecule has 0 aliphatic rings. The van der Waals surface area contributed by atoms with Crippen LogP contribution in [0, 0.1) is 6.92 Å². The molecule has 1 heterocycles. The number of esters is 1. The number of carbonyl (C=O) groups excluding carboxylic acids is 2. The summed E-state index contributed by atoms with van der Waals surface area (Å²) in [5.41, 5.74) is 0.736. The third-order valence-electron chi connectivity index (χ3n) is 2.42. The van der Waals surface area contributed by atoms with Crippen LogP contribution in [-0.4, -0.2) is 23.5 Å². The summed E-state index contributed by atoms with van der Waals surface area (Å²) in [6, 6.07) is 8.61. The van der Waals surface area contributed by atoms with E-state index in [1.54, 1.807) is 31.2 Å². The van der Waals surface area contributed by atoms with Gasteiger partial charge >= 0.3 is 12.1 Å². The van der Waals surface area contributed by atoms with Gasteiger partial charge in [-0.2, -0.15) is 4.37 Å². The van der Waals surface area contributed by atoms with Crippen molar-refractivity contribution in [1.82, 2.24) is 4.37 Å². The lowest BCUT2D eigenvalue weighted by molar-refractivity contribution is 0.0601. The highest BCUT2D eigenvalue weighted by molar-refractivity contribution is 8.93. The molecule has 0 aliphatic carbocycles. The van der Waals surface area contributed by atoms with Crippen molar-refractivity contribution < 1.29 is 19.1 Å². The summed E-state index contributed by atoms with van der Waals surface area (Å²) in [5, 5.41) is 2.79. The highest BCUT2D eigenvalue weighted by Crippen LogP contribution is 2.25. The molecule has 1 aromatic heterocycles. The van der Waals surface area contributed by atoms with Gasteiger partial charge in [-0.15, -0.1) is 17.0 Å². The summed E-state index contributed by atoms with van der Waals surface area (Å²) >= 11 is 0.996. The Morgan fingerprint density at radius 2 is 1.90 bits per heavy atom. The minimum atomic E-state index is -0.690. The van der Waals surface area contributed by atoms with Gasteiger partial charge in [0.15, 0.2) is 0 Å². The summed E-state index contributed by atoms with van der Waals surface area (Å²) in [6.45, 7) is 1.66. The SMILES string of the molecule is Br.COC(=O)c1c(C)nsc1NC(=O)Oc1ccccc1. The van der Waals surface area contributed by atoms with Crippen molar-refractivity contribution in [3.63, 3.8) is 0 Å². The van der Waals surface area contributed by atoms with Crippen molar-refractivity contribution in [3.05, 3.63) is 41.6 Å². The molecule has 1 aromatic carbocycles. The molecule has 0 spiro atoms. The molecular weight excluding hydrogens is 360 g/mol. The normalized spacial score (nSPS) is 9.43. The molecule has 8 heteroatoms. The fourth-order valence-corrected chi connectivity index (χ4v) is 2.28. The van der Waals surface area contributed by atoms with Crippen LogP contribution in [0.3, 0.4) is 0 Å². The van der Waals surface area contributed by atoms with Gasteiger partial charge in [0.1, 0.15) is 16.3 Å². The largest absolute Gasteiger partial charge is 0.465 e. The topological polar surface area (TPSA) is 77.5 Å². The third kappa shape index (κ3) is 4.27. The van der Waals surface area contributed by atoms with Gasteiger partial charge < -0.3 is 9.47 Å². The van der Waals surface area contributed by atoms with E-state index in [1.165, 1.54) is 7.11 Å². The molecule has 112 valence electrons. The fraction of sp³-hybridized carbons (Fsp3) is 0.154. The molecule has 0 radical (unpaired) electrons. The zero-order valence-electron chi connectivity index (χ0n) is 11.3. The number of halogens is 1.